The fourth-order valence-electron chi connectivity index (χ4n) is 10.4. The normalized spacial score (nSPS) is 39.1. The van der Waals surface area contributed by atoms with Gasteiger partial charge in [0, 0.05) is 30.3 Å². The highest BCUT2D eigenvalue weighted by Gasteiger charge is 2.63. The van der Waals surface area contributed by atoms with E-state index >= 15 is 0 Å². The van der Waals surface area contributed by atoms with Gasteiger partial charge in [-0.1, -0.05) is 39.3 Å². The molecule has 0 aromatic heterocycles. The highest BCUT2D eigenvalue weighted by molar-refractivity contribution is 5.31. The van der Waals surface area contributed by atoms with E-state index in [1.165, 1.54) is 37.7 Å². The van der Waals surface area contributed by atoms with Crippen molar-refractivity contribution in [3.8, 4) is 5.75 Å². The van der Waals surface area contributed by atoms with Crippen LogP contribution in [0.25, 0.3) is 0 Å². The summed E-state index contributed by atoms with van der Waals surface area (Å²) < 4.78 is 18.8. The standard InChI is InChI=1S/C35H55NO4/c1-5-7-32(36-24(2)3)25-8-6-9-27(22-25)38-19-18-34-16-12-29-28-13-17-35(39-20-21-40-35)23-26(28)10-11-30(29)31(34)14-15-33(34,4)37/h6,8-9,22,24,26,28-32,36-37H,5,7,10-21,23H2,1-4H3/t26?,28?,29?,30?,31?,32?,33-,34+/m0/s1. The number of hydrogen-bond donors (Lipinski definition) is 2. The molecule has 0 amide bonds. The first-order valence-electron chi connectivity index (χ1n) is 16.7. The zero-order valence-electron chi connectivity index (χ0n) is 25.6. The SMILES string of the molecule is CCCC(NC(C)C)c1cccc(OCC[C@]23CCC4C5CCC6(CC5CCC4C2CC[C@]3(C)O)OCCO6)c1. The molecule has 1 aromatic carbocycles. The molecule has 1 heterocycles. The van der Waals surface area contributed by atoms with E-state index in [9.17, 15) is 5.11 Å². The lowest BCUT2D eigenvalue weighted by molar-refractivity contribution is -0.212. The second-order valence-corrected chi connectivity index (χ2v) is 14.6. The Morgan fingerprint density at radius 3 is 2.58 bits per heavy atom. The van der Waals surface area contributed by atoms with Crippen molar-refractivity contribution in [3.63, 3.8) is 0 Å². The summed E-state index contributed by atoms with van der Waals surface area (Å²) in [6.45, 7) is 11.1. The van der Waals surface area contributed by atoms with Gasteiger partial charge in [0.25, 0.3) is 0 Å². The molecule has 4 saturated carbocycles. The molecule has 6 rings (SSSR count). The van der Waals surface area contributed by atoms with Gasteiger partial charge in [-0.2, -0.15) is 0 Å². The molecule has 4 aliphatic carbocycles. The Morgan fingerprint density at radius 2 is 1.80 bits per heavy atom. The van der Waals surface area contributed by atoms with Crippen LogP contribution in [-0.2, 0) is 9.47 Å². The molecule has 2 N–H and O–H groups in total. The van der Waals surface area contributed by atoms with Crippen molar-refractivity contribution in [2.45, 2.75) is 128 Å². The average Bonchev–Trinajstić information content (AvgIpc) is 3.49. The summed E-state index contributed by atoms with van der Waals surface area (Å²) in [4.78, 5) is 0. The molecule has 1 aromatic rings. The highest BCUT2D eigenvalue weighted by atomic mass is 16.7. The first-order chi connectivity index (χ1) is 19.3. The molecule has 6 unspecified atom stereocenters. The Hall–Kier alpha value is -1.14. The lowest BCUT2D eigenvalue weighted by Gasteiger charge is -2.58. The molecular weight excluding hydrogens is 498 g/mol. The molecule has 5 fully saturated rings. The summed E-state index contributed by atoms with van der Waals surface area (Å²) in [5, 5.41) is 15.6. The van der Waals surface area contributed by atoms with Gasteiger partial charge >= 0.3 is 0 Å². The van der Waals surface area contributed by atoms with Gasteiger partial charge in [0.15, 0.2) is 5.79 Å². The maximum Gasteiger partial charge on any atom is 0.168 e. The Labute approximate surface area is 243 Å². The van der Waals surface area contributed by atoms with E-state index in [1.807, 2.05) is 0 Å². The lowest BCUT2D eigenvalue weighted by atomic mass is 9.48. The van der Waals surface area contributed by atoms with Crippen molar-refractivity contribution in [2.75, 3.05) is 19.8 Å². The van der Waals surface area contributed by atoms with Crippen molar-refractivity contribution in [1.29, 1.82) is 0 Å². The van der Waals surface area contributed by atoms with Crippen molar-refractivity contribution in [3.05, 3.63) is 29.8 Å². The van der Waals surface area contributed by atoms with E-state index in [-0.39, 0.29) is 11.2 Å². The molecule has 40 heavy (non-hydrogen) atoms. The van der Waals surface area contributed by atoms with Crippen LogP contribution in [0.5, 0.6) is 5.75 Å². The minimum absolute atomic E-state index is 0.0177. The monoisotopic (exact) mass is 553 g/mol. The van der Waals surface area contributed by atoms with Crippen LogP contribution in [0.15, 0.2) is 24.3 Å². The predicted octanol–water partition coefficient (Wildman–Crippen LogP) is 7.42. The molecule has 1 aliphatic heterocycles. The molecule has 1 saturated heterocycles. The number of hydrogen-bond acceptors (Lipinski definition) is 5. The Kier molecular flexibility index (Phi) is 8.33. The fourth-order valence-corrected chi connectivity index (χ4v) is 10.4. The van der Waals surface area contributed by atoms with Crippen LogP contribution in [0.1, 0.15) is 116 Å². The highest BCUT2D eigenvalue weighted by Crippen LogP contribution is 2.67. The van der Waals surface area contributed by atoms with Crippen molar-refractivity contribution < 1.29 is 19.3 Å². The van der Waals surface area contributed by atoms with Gasteiger partial charge in [0.05, 0.1) is 25.4 Å². The molecule has 5 nitrogen and oxygen atoms in total. The van der Waals surface area contributed by atoms with Crippen molar-refractivity contribution >= 4 is 0 Å². The quantitative estimate of drug-likeness (QED) is 0.333. The fraction of sp³-hybridized carbons (Fsp3) is 0.829. The largest absolute Gasteiger partial charge is 0.494 e. The van der Waals surface area contributed by atoms with Crippen LogP contribution in [0, 0.1) is 35.0 Å². The van der Waals surface area contributed by atoms with E-state index < -0.39 is 5.60 Å². The molecule has 0 radical (unpaired) electrons. The topological polar surface area (TPSA) is 60.0 Å². The van der Waals surface area contributed by atoms with Crippen LogP contribution in [-0.4, -0.2) is 42.4 Å². The number of aliphatic hydroxyl groups is 1. The molecule has 5 heteroatoms. The molecule has 5 aliphatic rings. The Morgan fingerprint density at radius 1 is 1.00 bits per heavy atom. The number of fused-ring (bicyclic) bond motifs is 5. The lowest BCUT2D eigenvalue weighted by Crippen LogP contribution is -2.55. The minimum atomic E-state index is -0.597. The average molecular weight is 554 g/mol. The maximum absolute atomic E-state index is 11.9. The Balaban J connectivity index is 1.13. The third kappa shape index (κ3) is 5.27. The van der Waals surface area contributed by atoms with Gasteiger partial charge in [0.1, 0.15) is 5.75 Å². The van der Waals surface area contributed by atoms with Crippen LogP contribution in [0.4, 0.5) is 0 Å². The van der Waals surface area contributed by atoms with Crippen LogP contribution in [0.3, 0.4) is 0 Å². The van der Waals surface area contributed by atoms with E-state index in [1.54, 1.807) is 0 Å². The second kappa shape index (κ2) is 11.5. The molecular formula is C35H55NO4. The summed E-state index contributed by atoms with van der Waals surface area (Å²) in [7, 11) is 0. The van der Waals surface area contributed by atoms with Crippen molar-refractivity contribution in [2.24, 2.45) is 35.0 Å². The van der Waals surface area contributed by atoms with Crippen molar-refractivity contribution in [1.82, 2.24) is 5.32 Å². The predicted molar refractivity (Wildman–Crippen MR) is 159 cm³/mol. The van der Waals surface area contributed by atoms with E-state index in [0.29, 0.717) is 24.6 Å². The first-order valence-corrected chi connectivity index (χ1v) is 16.7. The summed E-state index contributed by atoms with van der Waals surface area (Å²) in [6, 6.07) is 9.53. The molecule has 0 bridgehead atoms. The molecule has 8 atom stereocenters. The number of nitrogens with one attached hydrogen (secondary N) is 1. The van der Waals surface area contributed by atoms with Gasteiger partial charge in [-0.3, -0.25) is 0 Å². The van der Waals surface area contributed by atoms with Crippen LogP contribution < -0.4 is 10.1 Å². The van der Waals surface area contributed by atoms with Gasteiger partial charge in [-0.05, 0) is 112 Å². The summed E-state index contributed by atoms with van der Waals surface area (Å²) in [6.07, 6.45) is 13.8. The zero-order valence-corrected chi connectivity index (χ0v) is 25.6. The zero-order chi connectivity index (χ0) is 28.0. The van der Waals surface area contributed by atoms with E-state index in [0.717, 1.165) is 87.6 Å². The van der Waals surface area contributed by atoms with Gasteiger partial charge in [-0.15, -0.1) is 0 Å². The maximum atomic E-state index is 11.9. The third-order valence-electron chi connectivity index (χ3n) is 12.2. The summed E-state index contributed by atoms with van der Waals surface area (Å²) in [5.41, 5.74) is 0.702. The van der Waals surface area contributed by atoms with Gasteiger partial charge in [-0.25, -0.2) is 0 Å². The summed E-state index contributed by atoms with van der Waals surface area (Å²) >= 11 is 0. The Bertz CT molecular complexity index is 1000. The smallest absolute Gasteiger partial charge is 0.168 e. The number of ether oxygens (including phenoxy) is 3. The van der Waals surface area contributed by atoms with Gasteiger partial charge in [0.2, 0.25) is 0 Å². The third-order valence-corrected chi connectivity index (χ3v) is 12.2. The van der Waals surface area contributed by atoms with Gasteiger partial charge < -0.3 is 24.6 Å². The van der Waals surface area contributed by atoms with E-state index in [2.05, 4.69) is 57.3 Å². The van der Waals surface area contributed by atoms with Crippen LogP contribution >= 0.6 is 0 Å². The van der Waals surface area contributed by atoms with E-state index in [4.69, 9.17) is 14.2 Å². The minimum Gasteiger partial charge on any atom is -0.494 e. The first kappa shape index (κ1) is 29.0. The number of benzene rings is 1. The second-order valence-electron chi connectivity index (χ2n) is 14.6. The molecule has 224 valence electrons. The molecule has 1 spiro atoms. The van der Waals surface area contributed by atoms with Crippen LogP contribution in [0.2, 0.25) is 0 Å². The number of rotatable bonds is 9. The summed E-state index contributed by atoms with van der Waals surface area (Å²) in [5.74, 6) is 4.46.